The Morgan fingerprint density at radius 1 is 1.29 bits per heavy atom. The lowest BCUT2D eigenvalue weighted by Gasteiger charge is -2.13. The lowest BCUT2D eigenvalue weighted by molar-refractivity contribution is 0.0697. The number of carbonyl (C=O) groups is 1. The number of fused-ring (bicyclic) bond motifs is 1. The van der Waals surface area contributed by atoms with E-state index in [4.69, 9.17) is 9.52 Å². The average molecular weight is 301 g/mol. The molecule has 0 fully saturated rings. The van der Waals surface area contributed by atoms with Gasteiger partial charge in [0.1, 0.15) is 5.58 Å². The molecule has 1 N–H and O–H groups in total. The fourth-order valence-electron chi connectivity index (χ4n) is 2.01. The van der Waals surface area contributed by atoms with E-state index in [0.717, 1.165) is 16.1 Å². The number of hydrogen-bond acceptors (Lipinski definition) is 4. The van der Waals surface area contributed by atoms with E-state index < -0.39 is 5.97 Å². The Hall–Kier alpha value is -2.14. The van der Waals surface area contributed by atoms with Gasteiger partial charge in [-0.25, -0.2) is 9.78 Å². The number of furan rings is 1. The molecule has 0 atom stereocenters. The fourth-order valence-corrected chi connectivity index (χ4v) is 3.01. The van der Waals surface area contributed by atoms with Crippen LogP contribution in [0.5, 0.6) is 0 Å². The number of aromatic nitrogens is 1. The second-order valence-electron chi connectivity index (χ2n) is 5.96. The molecular formula is C16H15NO3S. The SMILES string of the molecule is CC(C)(C)c1csc(-c2cc3cc(C(=O)O)ccc3o2)n1. The molecule has 0 radical (unpaired) electrons. The van der Waals surface area contributed by atoms with Gasteiger partial charge in [0, 0.05) is 16.2 Å². The number of hydrogen-bond donors (Lipinski definition) is 1. The van der Waals surface area contributed by atoms with E-state index in [9.17, 15) is 4.79 Å². The van der Waals surface area contributed by atoms with Gasteiger partial charge in [-0.05, 0) is 24.3 Å². The summed E-state index contributed by atoms with van der Waals surface area (Å²) in [5, 5.41) is 12.6. The second-order valence-corrected chi connectivity index (χ2v) is 6.81. The first-order chi connectivity index (χ1) is 9.84. The molecule has 21 heavy (non-hydrogen) atoms. The van der Waals surface area contributed by atoms with E-state index in [0.29, 0.717) is 11.3 Å². The molecule has 3 aromatic rings. The Morgan fingerprint density at radius 3 is 2.67 bits per heavy atom. The number of carboxylic acids is 1. The highest BCUT2D eigenvalue weighted by molar-refractivity contribution is 7.13. The molecular weight excluding hydrogens is 286 g/mol. The third kappa shape index (κ3) is 2.56. The molecule has 1 aromatic carbocycles. The first kappa shape index (κ1) is 13.8. The number of thiazole rings is 1. The van der Waals surface area contributed by atoms with Crippen LogP contribution in [0.2, 0.25) is 0 Å². The van der Waals surface area contributed by atoms with Crippen LogP contribution >= 0.6 is 11.3 Å². The van der Waals surface area contributed by atoms with Gasteiger partial charge in [0.2, 0.25) is 0 Å². The van der Waals surface area contributed by atoms with E-state index in [1.807, 2.05) is 11.4 Å². The number of benzene rings is 1. The van der Waals surface area contributed by atoms with Crippen LogP contribution < -0.4 is 0 Å². The summed E-state index contributed by atoms with van der Waals surface area (Å²) in [7, 11) is 0. The Bertz CT molecular complexity index is 824. The lowest BCUT2D eigenvalue weighted by atomic mass is 9.93. The van der Waals surface area contributed by atoms with Crippen molar-refractivity contribution in [1.29, 1.82) is 0 Å². The first-order valence-electron chi connectivity index (χ1n) is 6.58. The number of rotatable bonds is 2. The smallest absolute Gasteiger partial charge is 0.335 e. The van der Waals surface area contributed by atoms with Gasteiger partial charge in [0.25, 0.3) is 0 Å². The van der Waals surface area contributed by atoms with Crippen molar-refractivity contribution in [2.75, 3.05) is 0 Å². The summed E-state index contributed by atoms with van der Waals surface area (Å²) in [6, 6.07) is 6.68. The number of nitrogens with zero attached hydrogens (tertiary/aromatic N) is 1. The van der Waals surface area contributed by atoms with Crippen molar-refractivity contribution in [2.45, 2.75) is 26.2 Å². The van der Waals surface area contributed by atoms with Crippen molar-refractivity contribution < 1.29 is 14.3 Å². The summed E-state index contributed by atoms with van der Waals surface area (Å²) >= 11 is 1.53. The molecule has 2 aromatic heterocycles. The standard InChI is InChI=1S/C16H15NO3S/c1-16(2,3)13-8-21-14(17-13)12-7-10-6-9(15(18)19)4-5-11(10)20-12/h4-8H,1-3H3,(H,18,19). The third-order valence-electron chi connectivity index (χ3n) is 3.25. The molecule has 0 aliphatic carbocycles. The third-order valence-corrected chi connectivity index (χ3v) is 4.10. The summed E-state index contributed by atoms with van der Waals surface area (Å²) in [6.07, 6.45) is 0. The molecule has 0 saturated carbocycles. The minimum absolute atomic E-state index is 0.00274. The Morgan fingerprint density at radius 2 is 2.05 bits per heavy atom. The van der Waals surface area contributed by atoms with Gasteiger partial charge in [-0.15, -0.1) is 11.3 Å². The zero-order valence-corrected chi connectivity index (χ0v) is 12.8. The first-order valence-corrected chi connectivity index (χ1v) is 7.46. The molecule has 0 aliphatic heterocycles. The zero-order chi connectivity index (χ0) is 15.2. The van der Waals surface area contributed by atoms with Crippen LogP contribution in [-0.4, -0.2) is 16.1 Å². The minimum Gasteiger partial charge on any atom is -0.478 e. The Kier molecular flexibility index (Phi) is 3.10. The van der Waals surface area contributed by atoms with Crippen molar-refractivity contribution >= 4 is 28.3 Å². The molecule has 108 valence electrons. The molecule has 0 bridgehead atoms. The molecule has 0 unspecified atom stereocenters. The molecule has 0 aliphatic rings. The van der Waals surface area contributed by atoms with Gasteiger partial charge in [0.15, 0.2) is 10.8 Å². The van der Waals surface area contributed by atoms with Gasteiger partial charge < -0.3 is 9.52 Å². The van der Waals surface area contributed by atoms with Crippen molar-refractivity contribution in [1.82, 2.24) is 4.98 Å². The maximum Gasteiger partial charge on any atom is 0.335 e. The normalized spacial score (nSPS) is 12.0. The number of aromatic carboxylic acids is 1. The van der Waals surface area contributed by atoms with Gasteiger partial charge in [-0.2, -0.15) is 0 Å². The van der Waals surface area contributed by atoms with Crippen LogP contribution in [0.15, 0.2) is 34.1 Å². The summed E-state index contributed by atoms with van der Waals surface area (Å²) in [6.45, 7) is 6.34. The van der Waals surface area contributed by atoms with Crippen molar-refractivity contribution in [2.24, 2.45) is 0 Å². The van der Waals surface area contributed by atoms with Crippen LogP contribution in [0.1, 0.15) is 36.8 Å². The summed E-state index contributed by atoms with van der Waals surface area (Å²) in [5.41, 5.74) is 1.94. The molecule has 2 heterocycles. The average Bonchev–Trinajstić information content (AvgIpc) is 3.03. The predicted molar refractivity (Wildman–Crippen MR) is 83.0 cm³/mol. The van der Waals surface area contributed by atoms with Gasteiger partial charge in [0.05, 0.1) is 11.3 Å². The van der Waals surface area contributed by atoms with Crippen molar-refractivity contribution in [3.05, 3.63) is 40.9 Å². The van der Waals surface area contributed by atoms with Crippen LogP contribution in [0.25, 0.3) is 21.7 Å². The quantitative estimate of drug-likeness (QED) is 0.754. The van der Waals surface area contributed by atoms with Crippen LogP contribution in [0.3, 0.4) is 0 Å². The second kappa shape index (κ2) is 4.70. The Balaban J connectivity index is 2.05. The van der Waals surface area contributed by atoms with Gasteiger partial charge >= 0.3 is 5.97 Å². The maximum atomic E-state index is 11.0. The minimum atomic E-state index is -0.941. The van der Waals surface area contributed by atoms with E-state index in [1.165, 1.54) is 11.3 Å². The highest BCUT2D eigenvalue weighted by atomic mass is 32.1. The number of carboxylic acid groups (broad SMARTS) is 1. The summed E-state index contributed by atoms with van der Waals surface area (Å²) < 4.78 is 5.77. The largest absolute Gasteiger partial charge is 0.478 e. The molecule has 0 spiro atoms. The molecule has 5 heteroatoms. The highest BCUT2D eigenvalue weighted by Crippen LogP contribution is 2.33. The van der Waals surface area contributed by atoms with Gasteiger partial charge in [-0.3, -0.25) is 0 Å². The van der Waals surface area contributed by atoms with E-state index >= 15 is 0 Å². The predicted octanol–water partition coefficient (Wildman–Crippen LogP) is 4.55. The van der Waals surface area contributed by atoms with Crippen LogP contribution in [-0.2, 0) is 5.41 Å². The van der Waals surface area contributed by atoms with E-state index in [-0.39, 0.29) is 11.0 Å². The van der Waals surface area contributed by atoms with E-state index in [2.05, 4.69) is 25.8 Å². The topological polar surface area (TPSA) is 63.3 Å². The zero-order valence-electron chi connectivity index (χ0n) is 12.0. The molecule has 3 rings (SSSR count). The summed E-state index contributed by atoms with van der Waals surface area (Å²) in [4.78, 5) is 15.6. The van der Waals surface area contributed by atoms with Crippen molar-refractivity contribution in [3.8, 4) is 10.8 Å². The van der Waals surface area contributed by atoms with Crippen LogP contribution in [0, 0.1) is 0 Å². The summed E-state index contributed by atoms with van der Waals surface area (Å²) in [5.74, 6) is -0.267. The molecule has 4 nitrogen and oxygen atoms in total. The fraction of sp³-hybridized carbons (Fsp3) is 0.250. The van der Waals surface area contributed by atoms with Crippen molar-refractivity contribution in [3.63, 3.8) is 0 Å². The highest BCUT2D eigenvalue weighted by Gasteiger charge is 2.19. The molecule has 0 saturated heterocycles. The van der Waals surface area contributed by atoms with E-state index in [1.54, 1.807) is 18.2 Å². The molecule has 0 amide bonds. The Labute approximate surface area is 126 Å². The van der Waals surface area contributed by atoms with Gasteiger partial charge in [-0.1, -0.05) is 20.8 Å². The lowest BCUT2D eigenvalue weighted by Crippen LogP contribution is -2.11. The monoisotopic (exact) mass is 301 g/mol. The van der Waals surface area contributed by atoms with Crippen LogP contribution in [0.4, 0.5) is 0 Å². The maximum absolute atomic E-state index is 11.0.